The standard InChI is InChI=1S/C24H30FN7O4/c1-13(2)27-22-17(25)11-26-24(29-22)35-12-19-21(30-31-32(19)4)18-8-9-20(14(3)28-18)36-16-7-5-6-15(10-16)23(33)34/h8-9,11,13,15-16H,5-7,10,12H2,1-4H3,(H,33,34)(H,26,27,29)/t15-,16-/m0/s1. The largest absolute Gasteiger partial charge is 0.489 e. The number of nitrogens with zero attached hydrogens (tertiary/aromatic N) is 6. The lowest BCUT2D eigenvalue weighted by molar-refractivity contribution is -0.143. The van der Waals surface area contributed by atoms with Crippen molar-refractivity contribution in [3.8, 4) is 23.1 Å². The Bertz CT molecular complexity index is 1230. The molecule has 11 nitrogen and oxygen atoms in total. The number of aryl methyl sites for hydroxylation is 2. The van der Waals surface area contributed by atoms with Crippen LogP contribution in [-0.4, -0.2) is 53.2 Å². The first-order valence-electron chi connectivity index (χ1n) is 11.9. The monoisotopic (exact) mass is 499 g/mol. The maximum atomic E-state index is 14.0. The highest BCUT2D eigenvalue weighted by Gasteiger charge is 2.28. The van der Waals surface area contributed by atoms with Gasteiger partial charge in [0.1, 0.15) is 23.7 Å². The van der Waals surface area contributed by atoms with Gasteiger partial charge < -0.3 is 19.9 Å². The summed E-state index contributed by atoms with van der Waals surface area (Å²) in [7, 11) is 1.73. The van der Waals surface area contributed by atoms with Crippen LogP contribution in [0.1, 0.15) is 50.9 Å². The fourth-order valence-corrected chi connectivity index (χ4v) is 4.13. The summed E-state index contributed by atoms with van der Waals surface area (Å²) in [6.45, 7) is 5.63. The predicted octanol–water partition coefficient (Wildman–Crippen LogP) is 3.54. The number of anilines is 1. The van der Waals surface area contributed by atoms with Gasteiger partial charge in [0.25, 0.3) is 0 Å². The minimum atomic E-state index is -0.774. The van der Waals surface area contributed by atoms with Gasteiger partial charge in [0.2, 0.25) is 0 Å². The number of carboxylic acids is 1. The molecule has 0 aliphatic heterocycles. The number of rotatable bonds is 9. The normalized spacial score (nSPS) is 17.7. The van der Waals surface area contributed by atoms with E-state index in [4.69, 9.17) is 9.47 Å². The van der Waals surface area contributed by atoms with E-state index in [0.29, 0.717) is 41.4 Å². The number of aromatic nitrogens is 6. The molecule has 2 N–H and O–H groups in total. The summed E-state index contributed by atoms with van der Waals surface area (Å²) in [5.74, 6) is -1.03. The van der Waals surface area contributed by atoms with Gasteiger partial charge in [0.15, 0.2) is 11.6 Å². The summed E-state index contributed by atoms with van der Waals surface area (Å²) in [6, 6.07) is 3.61. The number of aliphatic carboxylic acids is 1. The number of hydrogen-bond donors (Lipinski definition) is 2. The van der Waals surface area contributed by atoms with Crippen molar-refractivity contribution in [3.63, 3.8) is 0 Å². The van der Waals surface area contributed by atoms with Gasteiger partial charge in [0.05, 0.1) is 29.6 Å². The van der Waals surface area contributed by atoms with E-state index in [-0.39, 0.29) is 36.5 Å². The van der Waals surface area contributed by atoms with Crippen LogP contribution >= 0.6 is 0 Å². The minimum Gasteiger partial charge on any atom is -0.489 e. The average molecular weight is 500 g/mol. The molecule has 192 valence electrons. The first kappa shape index (κ1) is 25.3. The fraction of sp³-hybridized carbons (Fsp3) is 0.500. The second-order valence-corrected chi connectivity index (χ2v) is 9.17. The van der Waals surface area contributed by atoms with Crippen molar-refractivity contribution in [3.05, 3.63) is 35.5 Å². The molecule has 1 aliphatic rings. The van der Waals surface area contributed by atoms with Gasteiger partial charge in [-0.3, -0.25) is 4.79 Å². The van der Waals surface area contributed by atoms with Crippen LogP contribution in [0.4, 0.5) is 10.2 Å². The molecule has 3 aromatic heterocycles. The molecule has 0 unspecified atom stereocenters. The van der Waals surface area contributed by atoms with Crippen molar-refractivity contribution in [2.75, 3.05) is 5.32 Å². The van der Waals surface area contributed by atoms with Crippen LogP contribution < -0.4 is 14.8 Å². The van der Waals surface area contributed by atoms with E-state index in [2.05, 4.69) is 30.6 Å². The zero-order chi connectivity index (χ0) is 25.8. The molecule has 1 saturated carbocycles. The molecule has 3 heterocycles. The lowest BCUT2D eigenvalue weighted by atomic mass is 9.87. The van der Waals surface area contributed by atoms with Crippen LogP contribution in [0.5, 0.6) is 11.8 Å². The molecule has 0 radical (unpaired) electrons. The van der Waals surface area contributed by atoms with Crippen LogP contribution in [-0.2, 0) is 18.4 Å². The van der Waals surface area contributed by atoms with E-state index in [1.54, 1.807) is 17.8 Å². The maximum Gasteiger partial charge on any atom is 0.318 e. The Morgan fingerprint density at radius 3 is 2.83 bits per heavy atom. The first-order valence-corrected chi connectivity index (χ1v) is 11.9. The lowest BCUT2D eigenvalue weighted by Crippen LogP contribution is -2.29. The molecule has 0 aromatic carbocycles. The Kier molecular flexibility index (Phi) is 7.61. The molecule has 3 aromatic rings. The minimum absolute atomic E-state index is 0.00639. The number of pyridine rings is 1. The van der Waals surface area contributed by atoms with E-state index >= 15 is 0 Å². The Morgan fingerprint density at radius 1 is 1.31 bits per heavy atom. The van der Waals surface area contributed by atoms with Gasteiger partial charge in [-0.25, -0.2) is 19.0 Å². The quantitative estimate of drug-likeness (QED) is 0.450. The van der Waals surface area contributed by atoms with Crippen LogP contribution in [0, 0.1) is 18.7 Å². The Morgan fingerprint density at radius 2 is 2.11 bits per heavy atom. The van der Waals surface area contributed by atoms with Crippen molar-refractivity contribution in [2.45, 2.75) is 65.2 Å². The molecule has 1 aliphatic carbocycles. The zero-order valence-electron chi connectivity index (χ0n) is 20.7. The van der Waals surface area contributed by atoms with E-state index in [0.717, 1.165) is 19.0 Å². The van der Waals surface area contributed by atoms with Crippen LogP contribution in [0.15, 0.2) is 18.3 Å². The van der Waals surface area contributed by atoms with Crippen LogP contribution in [0.2, 0.25) is 0 Å². The summed E-state index contributed by atoms with van der Waals surface area (Å²) >= 11 is 0. The zero-order valence-corrected chi connectivity index (χ0v) is 20.7. The second-order valence-electron chi connectivity index (χ2n) is 9.17. The molecule has 4 rings (SSSR count). The number of halogens is 1. The highest BCUT2D eigenvalue weighted by Crippen LogP contribution is 2.30. The third-order valence-corrected chi connectivity index (χ3v) is 5.98. The molecule has 2 atom stereocenters. The van der Waals surface area contributed by atoms with E-state index in [1.807, 2.05) is 26.8 Å². The molecule has 0 saturated heterocycles. The van der Waals surface area contributed by atoms with E-state index < -0.39 is 11.8 Å². The number of ether oxygens (including phenoxy) is 2. The number of nitrogens with one attached hydrogen (secondary N) is 1. The van der Waals surface area contributed by atoms with Gasteiger partial charge in [-0.1, -0.05) is 5.21 Å². The molecule has 0 spiro atoms. The number of carboxylic acid groups (broad SMARTS) is 1. The molecule has 0 bridgehead atoms. The summed E-state index contributed by atoms with van der Waals surface area (Å²) in [4.78, 5) is 24.0. The van der Waals surface area contributed by atoms with Crippen molar-refractivity contribution in [1.29, 1.82) is 0 Å². The molecule has 0 amide bonds. The van der Waals surface area contributed by atoms with Crippen molar-refractivity contribution < 1.29 is 23.8 Å². The third kappa shape index (κ3) is 5.86. The lowest BCUT2D eigenvalue weighted by Gasteiger charge is -2.27. The summed E-state index contributed by atoms with van der Waals surface area (Å²) < 4.78 is 27.4. The molecule has 1 fully saturated rings. The third-order valence-electron chi connectivity index (χ3n) is 5.98. The van der Waals surface area contributed by atoms with Crippen molar-refractivity contribution in [2.24, 2.45) is 13.0 Å². The van der Waals surface area contributed by atoms with Gasteiger partial charge in [-0.15, -0.1) is 5.10 Å². The molecule has 12 heteroatoms. The smallest absolute Gasteiger partial charge is 0.318 e. The van der Waals surface area contributed by atoms with E-state index in [9.17, 15) is 14.3 Å². The first-order chi connectivity index (χ1) is 17.2. The van der Waals surface area contributed by atoms with Crippen LogP contribution in [0.3, 0.4) is 0 Å². The summed E-state index contributed by atoms with van der Waals surface area (Å²) in [5.41, 5.74) is 2.41. The van der Waals surface area contributed by atoms with Gasteiger partial charge in [-0.2, -0.15) is 4.98 Å². The maximum absolute atomic E-state index is 14.0. The number of carbonyl (C=O) groups is 1. The Balaban J connectivity index is 1.48. The molecular formula is C24H30FN7O4. The molecular weight excluding hydrogens is 469 g/mol. The predicted molar refractivity (Wildman–Crippen MR) is 128 cm³/mol. The van der Waals surface area contributed by atoms with Gasteiger partial charge in [0, 0.05) is 13.1 Å². The van der Waals surface area contributed by atoms with Gasteiger partial charge in [-0.05, 0) is 58.6 Å². The van der Waals surface area contributed by atoms with Crippen molar-refractivity contribution >= 4 is 11.8 Å². The van der Waals surface area contributed by atoms with Crippen molar-refractivity contribution in [1.82, 2.24) is 29.9 Å². The molecule has 36 heavy (non-hydrogen) atoms. The fourth-order valence-electron chi connectivity index (χ4n) is 4.13. The highest BCUT2D eigenvalue weighted by molar-refractivity contribution is 5.70. The van der Waals surface area contributed by atoms with Gasteiger partial charge >= 0.3 is 12.0 Å². The highest BCUT2D eigenvalue weighted by atomic mass is 19.1. The van der Waals surface area contributed by atoms with Crippen LogP contribution in [0.25, 0.3) is 11.4 Å². The topological polar surface area (TPSA) is 137 Å². The SMILES string of the molecule is Cc1nc(-c2nnn(C)c2COc2ncc(F)c(NC(C)C)n2)ccc1O[C@H]1CCC[C@H](C(=O)O)C1. The Labute approximate surface area is 208 Å². The summed E-state index contributed by atoms with van der Waals surface area (Å²) in [5, 5.41) is 20.6. The summed E-state index contributed by atoms with van der Waals surface area (Å²) in [6.07, 6.45) is 3.71. The Hall–Kier alpha value is -3.83. The van der Waals surface area contributed by atoms with E-state index in [1.165, 1.54) is 0 Å². The average Bonchev–Trinajstić information content (AvgIpc) is 3.21. The second kappa shape index (κ2) is 10.8. The number of hydrogen-bond acceptors (Lipinski definition) is 9.